The highest BCUT2D eigenvalue weighted by atomic mass is 14.7. The van der Waals surface area contributed by atoms with E-state index >= 15 is 0 Å². The van der Waals surface area contributed by atoms with Crippen LogP contribution in [0.2, 0.25) is 0 Å². The third kappa shape index (κ3) is 1.25. The van der Waals surface area contributed by atoms with Crippen molar-refractivity contribution >= 4 is 0 Å². The summed E-state index contributed by atoms with van der Waals surface area (Å²) in [6.45, 7) is 6.39. The number of hydrogen-bond donors (Lipinski definition) is 2. The molecule has 0 aromatic heterocycles. The first-order valence-corrected chi connectivity index (χ1v) is 3.97. The molecule has 1 rings (SSSR count). The van der Waals surface area contributed by atoms with E-state index in [4.69, 9.17) is 11.5 Å². The predicted octanol–water partition coefficient (Wildman–Crippen LogP) is 1.35. The summed E-state index contributed by atoms with van der Waals surface area (Å²) in [7, 11) is 0. The summed E-state index contributed by atoms with van der Waals surface area (Å²) in [4.78, 5) is 0. The zero-order valence-corrected chi connectivity index (χ0v) is 7.39. The first-order chi connectivity index (χ1) is 5.04. The molecule has 2 atom stereocenters. The molecular weight excluding hydrogens is 136 g/mol. The molecule has 2 heteroatoms. The largest absolute Gasteiger partial charge is 0.400 e. The predicted molar refractivity (Wildman–Crippen MR) is 47.5 cm³/mol. The molecule has 62 valence electrons. The minimum Gasteiger partial charge on any atom is -0.400 e. The standard InChI is InChI=1S/C9H16N2/c1-5-4-8(10)9(11)7(3)6(5)2/h4,6-7H,10-11H2,1-3H3. The molecule has 0 aliphatic heterocycles. The quantitative estimate of drug-likeness (QED) is 0.550. The van der Waals surface area contributed by atoms with Gasteiger partial charge in [-0.3, -0.25) is 0 Å². The lowest BCUT2D eigenvalue weighted by Crippen LogP contribution is -2.25. The molecular formula is C9H16N2. The Hall–Kier alpha value is -0.920. The molecule has 2 unspecified atom stereocenters. The summed E-state index contributed by atoms with van der Waals surface area (Å²) >= 11 is 0. The highest BCUT2D eigenvalue weighted by Gasteiger charge is 2.21. The van der Waals surface area contributed by atoms with Gasteiger partial charge in [0.15, 0.2) is 0 Å². The van der Waals surface area contributed by atoms with Crippen LogP contribution in [0.15, 0.2) is 23.0 Å². The lowest BCUT2D eigenvalue weighted by molar-refractivity contribution is 0.486. The van der Waals surface area contributed by atoms with Crippen molar-refractivity contribution in [2.45, 2.75) is 20.8 Å². The summed E-state index contributed by atoms with van der Waals surface area (Å²) in [5.74, 6) is 0.919. The molecule has 0 fully saturated rings. The zero-order valence-electron chi connectivity index (χ0n) is 7.39. The van der Waals surface area contributed by atoms with Gasteiger partial charge < -0.3 is 11.5 Å². The van der Waals surface area contributed by atoms with Crippen LogP contribution in [-0.4, -0.2) is 0 Å². The third-order valence-electron chi connectivity index (χ3n) is 2.68. The molecule has 0 bridgehead atoms. The summed E-state index contributed by atoms with van der Waals surface area (Å²) in [6.07, 6.45) is 1.97. The second-order valence-electron chi connectivity index (χ2n) is 3.38. The van der Waals surface area contributed by atoms with E-state index in [9.17, 15) is 0 Å². The second kappa shape index (κ2) is 2.61. The Balaban J connectivity index is 3.01. The van der Waals surface area contributed by atoms with E-state index in [1.807, 2.05) is 6.08 Å². The van der Waals surface area contributed by atoms with Gasteiger partial charge in [0.25, 0.3) is 0 Å². The molecule has 0 spiro atoms. The Morgan fingerprint density at radius 1 is 1.18 bits per heavy atom. The average molecular weight is 152 g/mol. The van der Waals surface area contributed by atoms with Gasteiger partial charge in [0.05, 0.1) is 5.70 Å². The fourth-order valence-electron chi connectivity index (χ4n) is 1.39. The SMILES string of the molecule is CC1=CC(N)=C(N)C(C)C1C. The van der Waals surface area contributed by atoms with E-state index in [-0.39, 0.29) is 0 Å². The summed E-state index contributed by atoms with van der Waals surface area (Å²) in [5.41, 5.74) is 14.4. The Morgan fingerprint density at radius 2 is 1.73 bits per heavy atom. The van der Waals surface area contributed by atoms with Crippen molar-refractivity contribution in [3.8, 4) is 0 Å². The normalized spacial score (nSPS) is 32.1. The van der Waals surface area contributed by atoms with Crippen molar-refractivity contribution in [1.82, 2.24) is 0 Å². The van der Waals surface area contributed by atoms with E-state index in [0.29, 0.717) is 11.8 Å². The maximum atomic E-state index is 5.78. The van der Waals surface area contributed by atoms with Crippen LogP contribution >= 0.6 is 0 Å². The minimum atomic E-state index is 0.389. The van der Waals surface area contributed by atoms with E-state index in [0.717, 1.165) is 11.4 Å². The van der Waals surface area contributed by atoms with E-state index < -0.39 is 0 Å². The van der Waals surface area contributed by atoms with Crippen LogP contribution in [-0.2, 0) is 0 Å². The van der Waals surface area contributed by atoms with Gasteiger partial charge in [-0.1, -0.05) is 19.4 Å². The molecule has 2 nitrogen and oxygen atoms in total. The van der Waals surface area contributed by atoms with Gasteiger partial charge in [0.2, 0.25) is 0 Å². The molecule has 0 heterocycles. The van der Waals surface area contributed by atoms with E-state index in [1.165, 1.54) is 5.57 Å². The summed E-state index contributed by atoms with van der Waals surface area (Å²) < 4.78 is 0. The van der Waals surface area contributed by atoms with Crippen molar-refractivity contribution in [2.24, 2.45) is 23.3 Å². The molecule has 0 amide bonds. The fourth-order valence-corrected chi connectivity index (χ4v) is 1.39. The third-order valence-corrected chi connectivity index (χ3v) is 2.68. The first-order valence-electron chi connectivity index (χ1n) is 3.97. The van der Waals surface area contributed by atoms with Crippen LogP contribution in [0.1, 0.15) is 20.8 Å². The van der Waals surface area contributed by atoms with Gasteiger partial charge in [-0.15, -0.1) is 0 Å². The van der Waals surface area contributed by atoms with Gasteiger partial charge >= 0.3 is 0 Å². The summed E-state index contributed by atoms with van der Waals surface area (Å²) in [6, 6.07) is 0. The molecule has 0 aromatic rings. The monoisotopic (exact) mass is 152 g/mol. The van der Waals surface area contributed by atoms with E-state index in [1.54, 1.807) is 0 Å². The lowest BCUT2D eigenvalue weighted by atomic mass is 9.82. The van der Waals surface area contributed by atoms with E-state index in [2.05, 4.69) is 20.8 Å². The van der Waals surface area contributed by atoms with Crippen LogP contribution in [0.25, 0.3) is 0 Å². The number of rotatable bonds is 0. The lowest BCUT2D eigenvalue weighted by Gasteiger charge is -2.26. The average Bonchev–Trinajstić information content (AvgIpc) is 1.97. The Morgan fingerprint density at radius 3 is 2.27 bits per heavy atom. The van der Waals surface area contributed by atoms with Crippen LogP contribution in [0, 0.1) is 11.8 Å². The molecule has 0 radical (unpaired) electrons. The molecule has 0 saturated carbocycles. The highest BCUT2D eigenvalue weighted by molar-refractivity contribution is 5.32. The smallest absolute Gasteiger partial charge is 0.0507 e. The molecule has 1 aliphatic carbocycles. The molecule has 0 saturated heterocycles. The molecule has 4 N–H and O–H groups in total. The highest BCUT2D eigenvalue weighted by Crippen LogP contribution is 2.29. The van der Waals surface area contributed by atoms with Gasteiger partial charge in [-0.25, -0.2) is 0 Å². The van der Waals surface area contributed by atoms with Crippen molar-refractivity contribution in [1.29, 1.82) is 0 Å². The van der Waals surface area contributed by atoms with Gasteiger partial charge in [-0.2, -0.15) is 0 Å². The second-order valence-corrected chi connectivity index (χ2v) is 3.38. The van der Waals surface area contributed by atoms with Crippen LogP contribution in [0.4, 0.5) is 0 Å². The van der Waals surface area contributed by atoms with Gasteiger partial charge in [0, 0.05) is 11.6 Å². The van der Waals surface area contributed by atoms with Crippen molar-refractivity contribution < 1.29 is 0 Å². The van der Waals surface area contributed by atoms with Gasteiger partial charge in [0.1, 0.15) is 0 Å². The maximum absolute atomic E-state index is 5.78. The number of allylic oxidation sites excluding steroid dienone is 3. The maximum Gasteiger partial charge on any atom is 0.0507 e. The van der Waals surface area contributed by atoms with Crippen LogP contribution < -0.4 is 11.5 Å². The topological polar surface area (TPSA) is 52.0 Å². The van der Waals surface area contributed by atoms with Crippen molar-refractivity contribution in [2.75, 3.05) is 0 Å². The minimum absolute atomic E-state index is 0.389. The van der Waals surface area contributed by atoms with Crippen LogP contribution in [0.5, 0.6) is 0 Å². The summed E-state index contributed by atoms with van der Waals surface area (Å²) in [5, 5.41) is 0. The van der Waals surface area contributed by atoms with Gasteiger partial charge in [-0.05, 0) is 18.9 Å². The number of nitrogens with two attached hydrogens (primary N) is 2. The molecule has 11 heavy (non-hydrogen) atoms. The Kier molecular flexibility index (Phi) is 1.94. The van der Waals surface area contributed by atoms with Crippen molar-refractivity contribution in [3.05, 3.63) is 23.0 Å². The zero-order chi connectivity index (χ0) is 8.59. The molecule has 0 aromatic carbocycles. The van der Waals surface area contributed by atoms with Crippen LogP contribution in [0.3, 0.4) is 0 Å². The Labute approximate surface area is 68.0 Å². The fraction of sp³-hybridized carbons (Fsp3) is 0.556. The van der Waals surface area contributed by atoms with Crippen molar-refractivity contribution in [3.63, 3.8) is 0 Å². The number of hydrogen-bond acceptors (Lipinski definition) is 2. The first kappa shape index (κ1) is 8.18. The molecule has 1 aliphatic rings. The Bertz CT molecular complexity index is 226.